The van der Waals surface area contributed by atoms with Crippen LogP contribution in [0.1, 0.15) is 12.0 Å². The highest BCUT2D eigenvalue weighted by molar-refractivity contribution is 9.10. The average Bonchev–Trinajstić information content (AvgIpc) is 2.03. The summed E-state index contributed by atoms with van der Waals surface area (Å²) in [5, 5.41) is 0. The Morgan fingerprint density at radius 1 is 1.36 bits per heavy atom. The highest BCUT2D eigenvalue weighted by Crippen LogP contribution is 2.16. The first kappa shape index (κ1) is 8.36. The number of benzene rings is 1. The fourth-order valence-corrected chi connectivity index (χ4v) is 1.39. The Morgan fingerprint density at radius 3 is 2.73 bits per heavy atom. The summed E-state index contributed by atoms with van der Waals surface area (Å²) in [5.41, 5.74) is 1.28. The van der Waals surface area contributed by atoms with Crippen LogP contribution in [0.4, 0.5) is 0 Å². The van der Waals surface area contributed by atoms with Gasteiger partial charge in [-0.15, -0.1) is 12.3 Å². The summed E-state index contributed by atoms with van der Waals surface area (Å²) in [5.74, 6) is 2.62. The summed E-state index contributed by atoms with van der Waals surface area (Å²) in [7, 11) is 0. The van der Waals surface area contributed by atoms with Gasteiger partial charge in [0.2, 0.25) is 0 Å². The first-order valence-corrected chi connectivity index (χ1v) is 4.31. The van der Waals surface area contributed by atoms with Gasteiger partial charge in [0.15, 0.2) is 0 Å². The van der Waals surface area contributed by atoms with Crippen molar-refractivity contribution in [2.75, 3.05) is 0 Å². The van der Waals surface area contributed by atoms with E-state index in [0.29, 0.717) is 0 Å². The van der Waals surface area contributed by atoms with E-state index in [1.54, 1.807) is 0 Å². The van der Waals surface area contributed by atoms with Gasteiger partial charge in [0.25, 0.3) is 0 Å². The van der Waals surface area contributed by atoms with Crippen molar-refractivity contribution in [3.05, 3.63) is 34.3 Å². The summed E-state index contributed by atoms with van der Waals surface area (Å²) in [6.45, 7) is 0. The molecule has 0 radical (unpaired) electrons. The standard InChI is InChI=1S/C10H9Br/c1-2-3-6-9-7-4-5-8-10(9)11/h1,4-5,7-8H,3,6H2. The third-order valence-electron chi connectivity index (χ3n) is 1.50. The second-order valence-corrected chi connectivity index (χ2v) is 3.15. The molecule has 0 bridgehead atoms. The Balaban J connectivity index is 2.71. The second-order valence-electron chi connectivity index (χ2n) is 2.30. The molecule has 11 heavy (non-hydrogen) atoms. The molecule has 0 unspecified atom stereocenters. The molecule has 0 atom stereocenters. The van der Waals surface area contributed by atoms with Crippen LogP contribution < -0.4 is 0 Å². The molecule has 0 saturated heterocycles. The zero-order valence-corrected chi connectivity index (χ0v) is 7.76. The fraction of sp³-hybridized carbons (Fsp3) is 0.200. The van der Waals surface area contributed by atoms with Crippen LogP contribution in [0.25, 0.3) is 0 Å². The first-order valence-electron chi connectivity index (χ1n) is 3.51. The van der Waals surface area contributed by atoms with Gasteiger partial charge in [-0.05, 0) is 18.1 Å². The lowest BCUT2D eigenvalue weighted by atomic mass is 10.1. The molecule has 0 amide bonds. The predicted octanol–water partition coefficient (Wildman–Crippen LogP) is 3.01. The van der Waals surface area contributed by atoms with Gasteiger partial charge in [0.1, 0.15) is 0 Å². The number of terminal acetylenes is 1. The lowest BCUT2D eigenvalue weighted by molar-refractivity contribution is 1.02. The second kappa shape index (κ2) is 4.20. The lowest BCUT2D eigenvalue weighted by Gasteiger charge is -1.99. The van der Waals surface area contributed by atoms with Gasteiger partial charge in [-0.3, -0.25) is 0 Å². The van der Waals surface area contributed by atoms with Gasteiger partial charge in [-0.2, -0.15) is 0 Å². The van der Waals surface area contributed by atoms with E-state index in [1.807, 2.05) is 18.2 Å². The highest BCUT2D eigenvalue weighted by Gasteiger charge is 1.95. The monoisotopic (exact) mass is 208 g/mol. The van der Waals surface area contributed by atoms with Crippen molar-refractivity contribution in [3.8, 4) is 12.3 Å². The minimum atomic E-state index is 0.808. The van der Waals surface area contributed by atoms with E-state index in [2.05, 4.69) is 27.9 Å². The van der Waals surface area contributed by atoms with Gasteiger partial charge in [-0.25, -0.2) is 0 Å². The van der Waals surface area contributed by atoms with Crippen molar-refractivity contribution in [1.82, 2.24) is 0 Å². The molecule has 1 aromatic carbocycles. The van der Waals surface area contributed by atoms with Gasteiger partial charge < -0.3 is 0 Å². The smallest absolute Gasteiger partial charge is 0.0207 e. The maximum absolute atomic E-state index is 5.16. The summed E-state index contributed by atoms with van der Waals surface area (Å²) < 4.78 is 1.15. The Labute approximate surface area is 75.8 Å². The molecule has 0 aliphatic heterocycles. The van der Waals surface area contributed by atoms with Crippen LogP contribution in [0.5, 0.6) is 0 Å². The van der Waals surface area contributed by atoms with Crippen LogP contribution in [0, 0.1) is 12.3 Å². The Bertz CT molecular complexity index is 270. The number of hydrogen-bond acceptors (Lipinski definition) is 0. The summed E-state index contributed by atoms with van der Waals surface area (Å²) in [6.07, 6.45) is 6.93. The molecule has 56 valence electrons. The molecule has 0 spiro atoms. The molecule has 0 aliphatic rings. The third-order valence-corrected chi connectivity index (χ3v) is 2.27. The first-order chi connectivity index (χ1) is 5.34. The molecule has 0 nitrogen and oxygen atoms in total. The Kier molecular flexibility index (Phi) is 3.19. The molecule has 0 aliphatic carbocycles. The van der Waals surface area contributed by atoms with Crippen molar-refractivity contribution in [3.63, 3.8) is 0 Å². The van der Waals surface area contributed by atoms with E-state index >= 15 is 0 Å². The highest BCUT2D eigenvalue weighted by atomic mass is 79.9. The lowest BCUT2D eigenvalue weighted by Crippen LogP contribution is -1.83. The number of hydrogen-bond donors (Lipinski definition) is 0. The van der Waals surface area contributed by atoms with Crippen molar-refractivity contribution in [2.24, 2.45) is 0 Å². The summed E-state index contributed by atoms with van der Waals surface area (Å²) >= 11 is 3.46. The van der Waals surface area contributed by atoms with Crippen molar-refractivity contribution in [2.45, 2.75) is 12.8 Å². The number of halogens is 1. The van der Waals surface area contributed by atoms with Crippen molar-refractivity contribution >= 4 is 15.9 Å². The molecule has 0 N–H and O–H groups in total. The van der Waals surface area contributed by atoms with Crippen LogP contribution in [-0.2, 0) is 6.42 Å². The van der Waals surface area contributed by atoms with Crippen LogP contribution in [0.3, 0.4) is 0 Å². The molecule has 0 aromatic heterocycles. The quantitative estimate of drug-likeness (QED) is 0.656. The Morgan fingerprint density at radius 2 is 2.09 bits per heavy atom. The molecule has 1 rings (SSSR count). The average molecular weight is 209 g/mol. The van der Waals surface area contributed by atoms with Gasteiger partial charge in [0, 0.05) is 10.9 Å². The van der Waals surface area contributed by atoms with Crippen LogP contribution in [0.15, 0.2) is 28.7 Å². The van der Waals surface area contributed by atoms with Crippen molar-refractivity contribution in [1.29, 1.82) is 0 Å². The molecule has 1 aromatic rings. The summed E-state index contributed by atoms with van der Waals surface area (Å²) in [4.78, 5) is 0. The van der Waals surface area contributed by atoms with E-state index in [0.717, 1.165) is 17.3 Å². The topological polar surface area (TPSA) is 0 Å². The zero-order valence-electron chi connectivity index (χ0n) is 6.18. The van der Waals surface area contributed by atoms with E-state index < -0.39 is 0 Å². The maximum Gasteiger partial charge on any atom is 0.0207 e. The molecular formula is C10H9Br. The Hall–Kier alpha value is -0.740. The molecule has 0 saturated carbocycles. The minimum Gasteiger partial charge on any atom is -0.120 e. The predicted molar refractivity (Wildman–Crippen MR) is 51.3 cm³/mol. The van der Waals surface area contributed by atoms with Crippen LogP contribution in [0.2, 0.25) is 0 Å². The largest absolute Gasteiger partial charge is 0.120 e. The number of rotatable bonds is 2. The molecule has 0 fully saturated rings. The van der Waals surface area contributed by atoms with E-state index in [4.69, 9.17) is 6.42 Å². The van der Waals surface area contributed by atoms with Crippen LogP contribution in [-0.4, -0.2) is 0 Å². The van der Waals surface area contributed by atoms with Gasteiger partial charge >= 0.3 is 0 Å². The SMILES string of the molecule is C#CCCc1ccccc1Br. The van der Waals surface area contributed by atoms with E-state index in [9.17, 15) is 0 Å². The van der Waals surface area contributed by atoms with E-state index in [1.165, 1.54) is 5.56 Å². The molecular weight excluding hydrogens is 200 g/mol. The van der Waals surface area contributed by atoms with Gasteiger partial charge in [-0.1, -0.05) is 34.1 Å². The summed E-state index contributed by atoms with van der Waals surface area (Å²) in [6, 6.07) is 8.15. The third kappa shape index (κ3) is 2.40. The van der Waals surface area contributed by atoms with Gasteiger partial charge in [0.05, 0.1) is 0 Å². The van der Waals surface area contributed by atoms with Crippen LogP contribution >= 0.6 is 15.9 Å². The zero-order chi connectivity index (χ0) is 8.10. The minimum absolute atomic E-state index is 0.808. The van der Waals surface area contributed by atoms with E-state index in [-0.39, 0.29) is 0 Å². The number of aryl methyl sites for hydroxylation is 1. The fourth-order valence-electron chi connectivity index (χ4n) is 0.908. The normalized spacial score (nSPS) is 9.09. The van der Waals surface area contributed by atoms with Crippen molar-refractivity contribution < 1.29 is 0 Å². The molecule has 0 heterocycles. The molecule has 1 heteroatoms. The maximum atomic E-state index is 5.16.